The number of hydrogen-bond acceptors (Lipinski definition) is 6. The number of carbonyl (C=O) groups is 3. The maximum Gasteiger partial charge on any atom is 0.317 e. The predicted molar refractivity (Wildman–Crippen MR) is 141 cm³/mol. The second kappa shape index (κ2) is 13.1. The van der Waals surface area contributed by atoms with Gasteiger partial charge in [0.2, 0.25) is 11.8 Å². The molecule has 0 aromatic heterocycles. The Balaban J connectivity index is 1.24. The molecule has 1 aromatic rings. The Kier molecular flexibility index (Phi) is 9.89. The van der Waals surface area contributed by atoms with Gasteiger partial charge in [-0.15, -0.1) is 0 Å². The quantitative estimate of drug-likeness (QED) is 0.420. The van der Waals surface area contributed by atoms with E-state index in [1.54, 1.807) is 24.1 Å². The van der Waals surface area contributed by atoms with Crippen molar-refractivity contribution in [1.29, 1.82) is 0 Å². The lowest BCUT2D eigenvalue weighted by Gasteiger charge is -2.47. The number of amides is 4. The Morgan fingerprint density at radius 2 is 1.89 bits per heavy atom. The normalized spacial score (nSPS) is 24.5. The molecule has 37 heavy (non-hydrogen) atoms. The van der Waals surface area contributed by atoms with E-state index in [4.69, 9.17) is 27.9 Å². The van der Waals surface area contributed by atoms with E-state index in [0.717, 1.165) is 37.9 Å². The van der Waals surface area contributed by atoms with Crippen LogP contribution in [0.3, 0.4) is 0 Å². The van der Waals surface area contributed by atoms with Crippen LogP contribution in [0, 0.1) is 5.92 Å². The fourth-order valence-electron chi connectivity index (χ4n) is 5.41. The highest BCUT2D eigenvalue weighted by molar-refractivity contribution is 6.42. The Labute approximate surface area is 227 Å². The minimum Gasteiger partial charge on any atom is -0.383 e. The van der Waals surface area contributed by atoms with Crippen molar-refractivity contribution in [3.8, 4) is 0 Å². The van der Waals surface area contributed by atoms with Crippen LogP contribution in [0.15, 0.2) is 18.2 Å². The summed E-state index contributed by atoms with van der Waals surface area (Å²) in [5.41, 5.74) is 0.841. The average molecular weight is 556 g/mol. The summed E-state index contributed by atoms with van der Waals surface area (Å²) in [5.74, 6) is -0.327. The molecule has 3 atom stereocenters. The van der Waals surface area contributed by atoms with Crippen LogP contribution in [0.5, 0.6) is 0 Å². The first-order valence-electron chi connectivity index (χ1n) is 12.8. The second-order valence-corrected chi connectivity index (χ2v) is 10.7. The lowest BCUT2D eigenvalue weighted by molar-refractivity contribution is -0.146. The molecular formula is C25H36Cl2N6O4. The first-order valence-corrected chi connectivity index (χ1v) is 13.6. The van der Waals surface area contributed by atoms with E-state index in [1.165, 1.54) is 0 Å². The first-order chi connectivity index (χ1) is 17.9. The lowest BCUT2D eigenvalue weighted by Crippen LogP contribution is -2.62. The van der Waals surface area contributed by atoms with Gasteiger partial charge in [-0.3, -0.25) is 19.8 Å². The maximum atomic E-state index is 13.3. The highest BCUT2D eigenvalue weighted by atomic mass is 35.5. The SMILES string of the molecule is COCCNC(=O)N1CCN(C2CCC3NCN(CC(=O)NCc4ccc(Cl)c(Cl)c4)C(=O)C3C2)CC1. The second-order valence-electron chi connectivity index (χ2n) is 9.85. The molecule has 1 aliphatic carbocycles. The van der Waals surface area contributed by atoms with Gasteiger partial charge < -0.3 is 25.2 Å². The molecule has 3 N–H and O–H groups in total. The van der Waals surface area contributed by atoms with Crippen LogP contribution < -0.4 is 16.0 Å². The Hall–Kier alpha value is -2.11. The highest BCUT2D eigenvalue weighted by Gasteiger charge is 2.42. The molecule has 1 aromatic carbocycles. The molecule has 10 nitrogen and oxygen atoms in total. The summed E-state index contributed by atoms with van der Waals surface area (Å²) in [4.78, 5) is 44.1. The van der Waals surface area contributed by atoms with Crippen LogP contribution in [0.2, 0.25) is 10.0 Å². The summed E-state index contributed by atoms with van der Waals surface area (Å²) in [6.07, 6.45) is 2.71. The number of rotatable bonds is 8. The van der Waals surface area contributed by atoms with Gasteiger partial charge in [0.1, 0.15) is 6.54 Å². The van der Waals surface area contributed by atoms with Crippen LogP contribution in [-0.2, 0) is 20.9 Å². The van der Waals surface area contributed by atoms with Gasteiger partial charge in [-0.2, -0.15) is 0 Å². The van der Waals surface area contributed by atoms with Crippen LogP contribution in [0.25, 0.3) is 0 Å². The maximum absolute atomic E-state index is 13.3. The monoisotopic (exact) mass is 554 g/mol. The smallest absolute Gasteiger partial charge is 0.317 e. The zero-order chi connectivity index (χ0) is 26.4. The molecule has 2 heterocycles. The van der Waals surface area contributed by atoms with E-state index in [0.29, 0.717) is 55.5 Å². The average Bonchev–Trinajstić information content (AvgIpc) is 2.91. The van der Waals surface area contributed by atoms with Gasteiger partial charge in [-0.25, -0.2) is 4.79 Å². The van der Waals surface area contributed by atoms with E-state index >= 15 is 0 Å². The third-order valence-corrected chi connectivity index (χ3v) is 8.24. The number of nitrogens with zero attached hydrogens (tertiary/aromatic N) is 3. The fourth-order valence-corrected chi connectivity index (χ4v) is 5.73. The van der Waals surface area contributed by atoms with E-state index in [-0.39, 0.29) is 36.3 Å². The molecule has 4 amide bonds. The van der Waals surface area contributed by atoms with E-state index < -0.39 is 0 Å². The van der Waals surface area contributed by atoms with Crippen molar-refractivity contribution in [2.24, 2.45) is 5.92 Å². The molecule has 4 rings (SSSR count). The molecule has 0 bridgehead atoms. The minimum atomic E-state index is -0.216. The van der Waals surface area contributed by atoms with E-state index in [9.17, 15) is 14.4 Å². The third-order valence-electron chi connectivity index (χ3n) is 7.50. The summed E-state index contributed by atoms with van der Waals surface area (Å²) in [6.45, 7) is 4.62. The summed E-state index contributed by atoms with van der Waals surface area (Å²) in [6, 6.07) is 5.61. The van der Waals surface area contributed by atoms with Crippen molar-refractivity contribution in [1.82, 2.24) is 30.7 Å². The fraction of sp³-hybridized carbons (Fsp3) is 0.640. The molecule has 0 radical (unpaired) electrons. The lowest BCUT2D eigenvalue weighted by atomic mass is 9.79. The summed E-state index contributed by atoms with van der Waals surface area (Å²) in [7, 11) is 1.61. The summed E-state index contributed by atoms with van der Waals surface area (Å²) < 4.78 is 4.99. The van der Waals surface area contributed by atoms with Crippen molar-refractivity contribution < 1.29 is 19.1 Å². The number of methoxy groups -OCH3 is 1. The third kappa shape index (κ3) is 7.26. The minimum absolute atomic E-state index is 0.0118. The van der Waals surface area contributed by atoms with Crippen molar-refractivity contribution >= 4 is 41.0 Å². The molecule has 204 valence electrons. The molecule has 1 saturated carbocycles. The van der Waals surface area contributed by atoms with Gasteiger partial charge in [-0.05, 0) is 37.0 Å². The number of urea groups is 1. The van der Waals surface area contributed by atoms with Gasteiger partial charge in [0.15, 0.2) is 0 Å². The molecular weight excluding hydrogens is 519 g/mol. The number of nitrogens with one attached hydrogen (secondary N) is 3. The van der Waals surface area contributed by atoms with Gasteiger partial charge in [0, 0.05) is 58.5 Å². The zero-order valence-electron chi connectivity index (χ0n) is 21.2. The van der Waals surface area contributed by atoms with E-state index in [2.05, 4.69) is 20.9 Å². The standard InChI is InChI=1S/C25H36Cl2N6O4/c1-37-11-6-28-25(36)32-9-7-31(8-10-32)18-3-5-22-19(13-18)24(35)33(16-30-22)15-23(34)29-14-17-2-4-20(26)21(27)12-17/h2,4,12,18-19,22,30H,3,5-11,13-16H2,1H3,(H,28,36)(H,29,34). The molecule has 0 spiro atoms. The topological polar surface area (TPSA) is 106 Å². The molecule has 2 aliphatic heterocycles. The van der Waals surface area contributed by atoms with Crippen LogP contribution in [-0.4, -0.2) is 104 Å². The van der Waals surface area contributed by atoms with Gasteiger partial charge in [-0.1, -0.05) is 29.3 Å². The highest BCUT2D eigenvalue weighted by Crippen LogP contribution is 2.32. The molecule has 3 aliphatic rings. The first kappa shape index (κ1) is 27.9. The van der Waals surface area contributed by atoms with Gasteiger partial charge >= 0.3 is 6.03 Å². The van der Waals surface area contributed by atoms with Crippen molar-refractivity contribution in [3.63, 3.8) is 0 Å². The van der Waals surface area contributed by atoms with Gasteiger partial charge in [0.05, 0.1) is 29.2 Å². The number of fused-ring (bicyclic) bond motifs is 1. The van der Waals surface area contributed by atoms with Crippen LogP contribution in [0.4, 0.5) is 4.79 Å². The van der Waals surface area contributed by atoms with Crippen molar-refractivity contribution in [2.45, 2.75) is 37.9 Å². The number of halogens is 2. The Bertz CT molecular complexity index is 975. The van der Waals surface area contributed by atoms with Crippen molar-refractivity contribution in [3.05, 3.63) is 33.8 Å². The summed E-state index contributed by atoms with van der Waals surface area (Å²) in [5, 5.41) is 10.1. The number of ether oxygens (including phenoxy) is 1. The number of hydrogen-bond donors (Lipinski definition) is 3. The number of carbonyl (C=O) groups excluding carboxylic acids is 3. The van der Waals surface area contributed by atoms with Gasteiger partial charge in [0.25, 0.3) is 0 Å². The molecule has 2 saturated heterocycles. The Morgan fingerprint density at radius 1 is 1.11 bits per heavy atom. The van der Waals surface area contributed by atoms with E-state index in [1.807, 2.05) is 11.0 Å². The zero-order valence-corrected chi connectivity index (χ0v) is 22.7. The molecule has 12 heteroatoms. The molecule has 3 fully saturated rings. The van der Waals surface area contributed by atoms with Crippen LogP contribution >= 0.6 is 23.2 Å². The molecule has 3 unspecified atom stereocenters. The van der Waals surface area contributed by atoms with Crippen molar-refractivity contribution in [2.75, 3.05) is 59.7 Å². The predicted octanol–water partition coefficient (Wildman–Crippen LogP) is 1.51. The van der Waals surface area contributed by atoms with Crippen LogP contribution in [0.1, 0.15) is 24.8 Å². The number of benzene rings is 1. The number of piperazine rings is 1. The Morgan fingerprint density at radius 3 is 2.62 bits per heavy atom. The largest absolute Gasteiger partial charge is 0.383 e. The summed E-state index contributed by atoms with van der Waals surface area (Å²) >= 11 is 12.0.